The van der Waals surface area contributed by atoms with E-state index >= 15 is 0 Å². The van der Waals surface area contributed by atoms with Gasteiger partial charge in [0.2, 0.25) is 5.95 Å². The van der Waals surface area contributed by atoms with Gasteiger partial charge in [-0.05, 0) is 70.2 Å². The third kappa shape index (κ3) is 7.49. The summed E-state index contributed by atoms with van der Waals surface area (Å²) in [6, 6.07) is 16.5. The highest BCUT2D eigenvalue weighted by atomic mass is 16.6. The van der Waals surface area contributed by atoms with E-state index in [4.69, 9.17) is 14.2 Å². The predicted molar refractivity (Wildman–Crippen MR) is 174 cm³/mol. The highest BCUT2D eigenvalue weighted by Gasteiger charge is 2.33. The Morgan fingerprint density at radius 1 is 1.04 bits per heavy atom. The van der Waals surface area contributed by atoms with Gasteiger partial charge < -0.3 is 29.3 Å². The largest absolute Gasteiger partial charge is 0.489 e. The molecular weight excluding hydrogens is 584 g/mol. The van der Waals surface area contributed by atoms with Crippen LogP contribution in [0.3, 0.4) is 0 Å². The van der Waals surface area contributed by atoms with E-state index in [0.717, 1.165) is 45.1 Å². The minimum Gasteiger partial charge on any atom is -0.489 e. The Morgan fingerprint density at radius 3 is 2.46 bits per heavy atom. The van der Waals surface area contributed by atoms with Crippen LogP contribution in [0.1, 0.15) is 46.1 Å². The highest BCUT2D eigenvalue weighted by molar-refractivity contribution is 5.69. The van der Waals surface area contributed by atoms with E-state index < -0.39 is 5.60 Å². The van der Waals surface area contributed by atoms with Crippen molar-refractivity contribution in [2.75, 3.05) is 56.2 Å². The molecule has 0 aliphatic carbocycles. The number of benzene rings is 2. The molecule has 1 N–H and O–H groups in total. The molecular formula is C34H42N8O4. The maximum absolute atomic E-state index is 12.6. The number of amides is 1. The number of nitrogens with zero attached hydrogens (tertiary/aromatic N) is 7. The number of anilines is 3. The summed E-state index contributed by atoms with van der Waals surface area (Å²) in [6.07, 6.45) is 2.31. The van der Waals surface area contributed by atoms with E-state index in [0.29, 0.717) is 54.1 Å². The lowest BCUT2D eigenvalue weighted by Crippen LogP contribution is -2.56. The topological polar surface area (TPSA) is 129 Å². The van der Waals surface area contributed by atoms with Crippen LogP contribution in [-0.4, -0.2) is 101 Å². The molecule has 1 amide bonds. The molecule has 1 aromatic heterocycles. The van der Waals surface area contributed by atoms with Crippen LogP contribution in [0.25, 0.3) is 11.4 Å². The van der Waals surface area contributed by atoms with E-state index in [-0.39, 0.29) is 18.2 Å². The van der Waals surface area contributed by atoms with Crippen molar-refractivity contribution >= 4 is 23.4 Å². The standard InChI is InChI=1S/C34H42N8O4/c1-23-17-29(11-12-42(23)33(43)46-34(2,3)4)45-30-10-5-24(18-25(30)19-35)31-36-22-37-32(39-31)38-26-6-8-27(9-7-26)40-13-15-41(16-14-40)28-20-44-21-28/h5-10,18,22-23,28-29H,11-17,20-21H2,1-4H3,(H,36,37,38,39). The summed E-state index contributed by atoms with van der Waals surface area (Å²) >= 11 is 0. The van der Waals surface area contributed by atoms with Gasteiger partial charge in [-0.1, -0.05) is 0 Å². The Balaban J connectivity index is 1.06. The first-order chi connectivity index (χ1) is 22.1. The van der Waals surface area contributed by atoms with Crippen molar-refractivity contribution in [3.05, 3.63) is 54.4 Å². The molecule has 6 rings (SSSR count). The number of rotatable bonds is 7. The van der Waals surface area contributed by atoms with Gasteiger partial charge in [0.15, 0.2) is 5.82 Å². The normalized spacial score (nSPS) is 20.8. The van der Waals surface area contributed by atoms with Crippen LogP contribution in [0, 0.1) is 11.3 Å². The number of nitriles is 1. The second-order valence-electron chi connectivity index (χ2n) is 13.1. The fourth-order valence-corrected chi connectivity index (χ4v) is 6.03. The smallest absolute Gasteiger partial charge is 0.410 e. The maximum atomic E-state index is 12.6. The van der Waals surface area contributed by atoms with Crippen LogP contribution in [0.15, 0.2) is 48.8 Å². The summed E-state index contributed by atoms with van der Waals surface area (Å²) in [7, 11) is 0. The van der Waals surface area contributed by atoms with Crippen LogP contribution in [-0.2, 0) is 9.47 Å². The molecule has 46 heavy (non-hydrogen) atoms. The van der Waals surface area contributed by atoms with Crippen molar-refractivity contribution in [1.29, 1.82) is 5.26 Å². The minimum absolute atomic E-state index is 0.0472. The van der Waals surface area contributed by atoms with Gasteiger partial charge in [0.05, 0.1) is 24.8 Å². The number of likely N-dealkylation sites (tertiary alicyclic amines) is 1. The van der Waals surface area contributed by atoms with Gasteiger partial charge >= 0.3 is 6.09 Å². The highest BCUT2D eigenvalue weighted by Crippen LogP contribution is 2.30. The molecule has 3 aromatic rings. The van der Waals surface area contributed by atoms with E-state index in [1.54, 1.807) is 17.0 Å². The number of hydrogen-bond acceptors (Lipinski definition) is 11. The second kappa shape index (κ2) is 13.5. The number of ether oxygens (including phenoxy) is 3. The van der Waals surface area contributed by atoms with Crippen LogP contribution < -0.4 is 15.0 Å². The Morgan fingerprint density at radius 2 is 1.80 bits per heavy atom. The van der Waals surface area contributed by atoms with Gasteiger partial charge in [0, 0.05) is 68.5 Å². The zero-order valence-electron chi connectivity index (χ0n) is 27.0. The van der Waals surface area contributed by atoms with Crippen molar-refractivity contribution in [1.82, 2.24) is 24.8 Å². The Hall–Kier alpha value is -4.47. The second-order valence-corrected chi connectivity index (χ2v) is 13.1. The summed E-state index contributed by atoms with van der Waals surface area (Å²) in [6.45, 7) is 13.9. The van der Waals surface area contributed by atoms with E-state index in [2.05, 4.69) is 48.3 Å². The van der Waals surface area contributed by atoms with Crippen molar-refractivity contribution in [2.45, 2.75) is 64.3 Å². The average Bonchev–Trinajstić information content (AvgIpc) is 3.00. The predicted octanol–water partition coefficient (Wildman–Crippen LogP) is 4.84. The van der Waals surface area contributed by atoms with E-state index in [1.165, 1.54) is 12.0 Å². The van der Waals surface area contributed by atoms with Crippen LogP contribution in [0.4, 0.5) is 22.1 Å². The monoisotopic (exact) mass is 626 g/mol. The SMILES string of the molecule is CC1CC(Oc2ccc(-c3ncnc(Nc4ccc(N5CCN(C6COC6)CC5)cc4)n3)cc2C#N)CCN1C(=O)OC(C)(C)C. The molecule has 0 bridgehead atoms. The van der Waals surface area contributed by atoms with Gasteiger partial charge in [-0.15, -0.1) is 0 Å². The molecule has 12 heteroatoms. The molecule has 242 valence electrons. The summed E-state index contributed by atoms with van der Waals surface area (Å²) < 4.78 is 17.2. The summed E-state index contributed by atoms with van der Waals surface area (Å²) in [4.78, 5) is 32.5. The molecule has 3 saturated heterocycles. The third-order valence-electron chi connectivity index (χ3n) is 8.62. The number of nitrogens with one attached hydrogen (secondary N) is 1. The molecule has 2 unspecified atom stereocenters. The van der Waals surface area contributed by atoms with Gasteiger partial charge in [0.25, 0.3) is 0 Å². The van der Waals surface area contributed by atoms with Gasteiger partial charge in [-0.2, -0.15) is 10.2 Å². The van der Waals surface area contributed by atoms with Crippen LogP contribution in [0.2, 0.25) is 0 Å². The van der Waals surface area contributed by atoms with Crippen LogP contribution in [0.5, 0.6) is 5.75 Å². The summed E-state index contributed by atoms with van der Waals surface area (Å²) in [5.74, 6) is 1.37. The van der Waals surface area contributed by atoms with Crippen molar-refractivity contribution in [3.8, 4) is 23.2 Å². The molecule has 0 saturated carbocycles. The first-order valence-corrected chi connectivity index (χ1v) is 16.0. The molecule has 2 aromatic carbocycles. The molecule has 3 fully saturated rings. The van der Waals surface area contributed by atoms with E-state index in [9.17, 15) is 10.1 Å². The fraction of sp³-hybridized carbons (Fsp3) is 0.500. The van der Waals surface area contributed by atoms with E-state index in [1.807, 2.05) is 45.9 Å². The molecule has 3 aliphatic rings. The summed E-state index contributed by atoms with van der Waals surface area (Å²) in [5.41, 5.74) is 2.61. The fourth-order valence-electron chi connectivity index (χ4n) is 6.03. The number of piperazine rings is 1. The summed E-state index contributed by atoms with van der Waals surface area (Å²) in [5, 5.41) is 13.2. The van der Waals surface area contributed by atoms with Crippen molar-refractivity contribution < 1.29 is 19.0 Å². The third-order valence-corrected chi connectivity index (χ3v) is 8.62. The molecule has 0 spiro atoms. The molecule has 2 atom stereocenters. The first-order valence-electron chi connectivity index (χ1n) is 16.0. The van der Waals surface area contributed by atoms with Crippen molar-refractivity contribution in [2.24, 2.45) is 0 Å². The lowest BCUT2D eigenvalue weighted by atomic mass is 10.0. The zero-order valence-corrected chi connectivity index (χ0v) is 27.0. The van der Waals surface area contributed by atoms with Crippen LogP contribution >= 0.6 is 0 Å². The average molecular weight is 627 g/mol. The lowest BCUT2D eigenvalue weighted by Gasteiger charge is -2.43. The number of piperidine rings is 1. The molecule has 12 nitrogen and oxygen atoms in total. The first kappa shape index (κ1) is 31.5. The quantitative estimate of drug-likeness (QED) is 0.387. The Bertz CT molecular complexity index is 1560. The number of aromatic nitrogens is 3. The van der Waals surface area contributed by atoms with Gasteiger partial charge in [0.1, 0.15) is 29.9 Å². The molecule has 0 radical (unpaired) electrons. The number of carbonyl (C=O) groups excluding carboxylic acids is 1. The Labute approximate surface area is 270 Å². The molecule has 3 aliphatic heterocycles. The molecule has 4 heterocycles. The zero-order chi connectivity index (χ0) is 32.3. The number of carbonyl (C=O) groups is 1. The van der Waals surface area contributed by atoms with Gasteiger partial charge in [-0.25, -0.2) is 14.8 Å². The Kier molecular flexibility index (Phi) is 9.24. The number of hydrogen-bond donors (Lipinski definition) is 1. The maximum Gasteiger partial charge on any atom is 0.410 e. The van der Waals surface area contributed by atoms with Crippen molar-refractivity contribution in [3.63, 3.8) is 0 Å². The lowest BCUT2D eigenvalue weighted by molar-refractivity contribution is -0.0660. The minimum atomic E-state index is -0.545. The van der Waals surface area contributed by atoms with Gasteiger partial charge in [-0.3, -0.25) is 4.90 Å².